The number of amidine groups is 1. The molecule has 0 aliphatic carbocycles. The van der Waals surface area contributed by atoms with Gasteiger partial charge in [-0.05, 0) is 0 Å². The Morgan fingerprint density at radius 1 is 1.62 bits per heavy atom. The minimum absolute atomic E-state index is 0.00574. The molecule has 2 unspecified atom stereocenters. The summed E-state index contributed by atoms with van der Waals surface area (Å²) in [4.78, 5) is 24.2. The molecule has 0 aromatic rings. The van der Waals surface area contributed by atoms with Gasteiger partial charge in [0.1, 0.15) is 24.2 Å². The van der Waals surface area contributed by atoms with Crippen LogP contribution in [0, 0.1) is 0 Å². The van der Waals surface area contributed by atoms with Gasteiger partial charge in [-0.1, -0.05) is 0 Å². The second kappa shape index (κ2) is 5.22. The highest BCUT2D eigenvalue weighted by Crippen LogP contribution is 1.93. The molecule has 0 aliphatic rings. The number of carboxylic acids is 1. The fourth-order valence-electron chi connectivity index (χ4n) is 0.586. The van der Waals surface area contributed by atoms with Crippen molar-refractivity contribution < 1.29 is 14.7 Å². The van der Waals surface area contributed by atoms with Crippen molar-refractivity contribution in [3.63, 3.8) is 0 Å². The highest BCUT2D eigenvalue weighted by atomic mass is 16.4. The molecule has 0 aliphatic heterocycles. The molecule has 0 amide bonds. The van der Waals surface area contributed by atoms with E-state index in [0.717, 1.165) is 0 Å². The summed E-state index contributed by atoms with van der Waals surface area (Å²) in [6, 6.07) is -2.57. The quantitative estimate of drug-likeness (QED) is 0.209. The summed E-state index contributed by atoms with van der Waals surface area (Å²) in [6.45, 7) is -0.0450. The predicted octanol–water partition coefficient (Wildman–Crippen LogP) is -2.72. The lowest BCUT2D eigenvalue weighted by atomic mass is 10.1. The van der Waals surface area contributed by atoms with Crippen LogP contribution in [-0.2, 0) is 9.59 Å². The van der Waals surface area contributed by atoms with Crippen molar-refractivity contribution in [1.29, 1.82) is 0 Å². The molecule has 74 valence electrons. The molecule has 13 heavy (non-hydrogen) atoms. The summed E-state index contributed by atoms with van der Waals surface area (Å²) < 4.78 is 0. The number of hydrogen-bond acceptors (Lipinski definition) is 5. The highest BCUT2D eigenvalue weighted by molar-refractivity contribution is 5.86. The second-order valence-electron chi connectivity index (χ2n) is 2.32. The van der Waals surface area contributed by atoms with Crippen LogP contribution in [0.2, 0.25) is 0 Å². The van der Waals surface area contributed by atoms with Gasteiger partial charge in [-0.25, -0.2) is 0 Å². The number of rotatable bonds is 5. The monoisotopic (exact) mass is 188 g/mol. The zero-order valence-electron chi connectivity index (χ0n) is 6.88. The number of carbonyl (C=O) groups is 2. The van der Waals surface area contributed by atoms with Gasteiger partial charge in [0, 0.05) is 0 Å². The van der Waals surface area contributed by atoms with Crippen molar-refractivity contribution in [2.24, 2.45) is 22.2 Å². The Kier molecular flexibility index (Phi) is 4.63. The SMILES string of the molecule is NCC(N)=NC(C=O)C(N)C(=O)O. The zero-order valence-corrected chi connectivity index (χ0v) is 6.88. The van der Waals surface area contributed by atoms with E-state index in [0.29, 0.717) is 6.29 Å². The van der Waals surface area contributed by atoms with E-state index in [1.807, 2.05) is 0 Å². The molecule has 0 fully saturated rings. The molecule has 7 heteroatoms. The lowest BCUT2D eigenvalue weighted by Crippen LogP contribution is -2.43. The van der Waals surface area contributed by atoms with Gasteiger partial charge in [-0.3, -0.25) is 9.79 Å². The molecule has 0 bridgehead atoms. The van der Waals surface area contributed by atoms with Crippen LogP contribution in [0.4, 0.5) is 0 Å². The fraction of sp³-hybridized carbons (Fsp3) is 0.500. The maximum Gasteiger partial charge on any atom is 0.323 e. The van der Waals surface area contributed by atoms with Crippen LogP contribution < -0.4 is 17.2 Å². The topological polar surface area (TPSA) is 145 Å². The number of nitrogens with zero attached hydrogens (tertiary/aromatic N) is 1. The lowest BCUT2D eigenvalue weighted by molar-refractivity contribution is -0.139. The smallest absolute Gasteiger partial charge is 0.323 e. The molecular formula is C6H12N4O3. The number of carbonyl (C=O) groups excluding carboxylic acids is 1. The van der Waals surface area contributed by atoms with Crippen LogP contribution in [-0.4, -0.2) is 41.8 Å². The summed E-state index contributed by atoms with van der Waals surface area (Å²) >= 11 is 0. The summed E-state index contributed by atoms with van der Waals surface area (Å²) in [5.41, 5.74) is 15.4. The average molecular weight is 188 g/mol. The van der Waals surface area contributed by atoms with Gasteiger partial charge in [0.2, 0.25) is 0 Å². The van der Waals surface area contributed by atoms with E-state index in [-0.39, 0.29) is 12.4 Å². The van der Waals surface area contributed by atoms with Crippen molar-refractivity contribution in [2.75, 3.05) is 6.54 Å². The molecule has 0 radical (unpaired) electrons. The Balaban J connectivity index is 4.51. The first-order valence-electron chi connectivity index (χ1n) is 3.48. The Bertz CT molecular complexity index is 228. The van der Waals surface area contributed by atoms with Crippen LogP contribution in [0.3, 0.4) is 0 Å². The van der Waals surface area contributed by atoms with Gasteiger partial charge in [-0.2, -0.15) is 0 Å². The van der Waals surface area contributed by atoms with Crippen LogP contribution >= 0.6 is 0 Å². The normalized spacial score (nSPS) is 16.3. The van der Waals surface area contributed by atoms with E-state index in [9.17, 15) is 9.59 Å². The van der Waals surface area contributed by atoms with Crippen LogP contribution in [0.15, 0.2) is 4.99 Å². The van der Waals surface area contributed by atoms with Gasteiger partial charge in [0.15, 0.2) is 0 Å². The number of aldehydes is 1. The Morgan fingerprint density at radius 3 is 2.46 bits per heavy atom. The fourth-order valence-corrected chi connectivity index (χ4v) is 0.586. The largest absolute Gasteiger partial charge is 0.480 e. The summed E-state index contributed by atoms with van der Waals surface area (Å²) in [6.07, 6.45) is 0.321. The first-order chi connectivity index (χ1) is 6.02. The van der Waals surface area contributed by atoms with Crippen molar-refractivity contribution in [1.82, 2.24) is 0 Å². The lowest BCUT2D eigenvalue weighted by Gasteiger charge is -2.10. The van der Waals surface area contributed by atoms with Crippen LogP contribution in [0.5, 0.6) is 0 Å². The van der Waals surface area contributed by atoms with Crippen LogP contribution in [0.1, 0.15) is 0 Å². The molecule has 0 aromatic carbocycles. The van der Waals surface area contributed by atoms with Gasteiger partial charge < -0.3 is 27.1 Å². The second-order valence-corrected chi connectivity index (χ2v) is 2.32. The van der Waals surface area contributed by atoms with Crippen molar-refractivity contribution in [3.8, 4) is 0 Å². The van der Waals surface area contributed by atoms with E-state index >= 15 is 0 Å². The van der Waals surface area contributed by atoms with E-state index in [1.54, 1.807) is 0 Å². The number of nitrogens with two attached hydrogens (primary N) is 3. The van der Waals surface area contributed by atoms with Gasteiger partial charge >= 0.3 is 5.97 Å². The molecular weight excluding hydrogens is 176 g/mol. The molecule has 0 saturated heterocycles. The van der Waals surface area contributed by atoms with E-state index in [1.165, 1.54) is 0 Å². The van der Waals surface area contributed by atoms with E-state index in [2.05, 4.69) is 4.99 Å². The zero-order chi connectivity index (χ0) is 10.4. The third kappa shape index (κ3) is 3.63. The molecule has 7 N–H and O–H groups in total. The van der Waals surface area contributed by atoms with Crippen molar-refractivity contribution >= 4 is 18.1 Å². The minimum Gasteiger partial charge on any atom is -0.480 e. The van der Waals surface area contributed by atoms with E-state index < -0.39 is 18.1 Å². The van der Waals surface area contributed by atoms with Gasteiger partial charge in [0.05, 0.1) is 6.54 Å². The first-order valence-corrected chi connectivity index (χ1v) is 3.48. The summed E-state index contributed by atoms with van der Waals surface area (Å²) in [5, 5.41) is 8.44. The summed E-state index contributed by atoms with van der Waals surface area (Å²) in [5.74, 6) is -1.32. The molecule has 7 nitrogen and oxygen atoms in total. The Morgan fingerprint density at radius 2 is 2.15 bits per heavy atom. The Labute approximate surface area is 74.6 Å². The van der Waals surface area contributed by atoms with E-state index in [4.69, 9.17) is 22.3 Å². The first kappa shape index (κ1) is 11.5. The number of aliphatic carboxylic acids is 1. The van der Waals surface area contributed by atoms with Crippen molar-refractivity contribution in [2.45, 2.75) is 12.1 Å². The van der Waals surface area contributed by atoms with Crippen molar-refractivity contribution in [3.05, 3.63) is 0 Å². The molecule has 2 atom stereocenters. The predicted molar refractivity (Wildman–Crippen MR) is 46.1 cm³/mol. The molecule has 0 aromatic heterocycles. The average Bonchev–Trinajstić information content (AvgIpc) is 2.12. The maximum absolute atomic E-state index is 10.4. The Hall–Kier alpha value is -1.47. The standard InChI is InChI=1S/C6H12N4O3/c7-1-4(8)10-3(2-11)5(9)6(12)13/h2-3,5H,1,7,9H2,(H2,8,10)(H,12,13). The number of carboxylic acid groups (broad SMARTS) is 1. The molecule has 0 spiro atoms. The van der Waals surface area contributed by atoms with Gasteiger partial charge in [-0.15, -0.1) is 0 Å². The third-order valence-corrected chi connectivity index (χ3v) is 1.32. The summed E-state index contributed by atoms with van der Waals surface area (Å²) in [7, 11) is 0. The maximum atomic E-state index is 10.4. The highest BCUT2D eigenvalue weighted by Gasteiger charge is 2.23. The minimum atomic E-state index is -1.39. The molecule has 0 rings (SSSR count). The number of hydrogen-bond donors (Lipinski definition) is 4. The van der Waals surface area contributed by atoms with Gasteiger partial charge in [0.25, 0.3) is 0 Å². The number of aliphatic imine (C=N–C) groups is 1. The third-order valence-electron chi connectivity index (χ3n) is 1.32. The molecule has 0 saturated carbocycles. The molecule has 0 heterocycles. The van der Waals surface area contributed by atoms with Crippen LogP contribution in [0.25, 0.3) is 0 Å².